The molecule has 0 aliphatic carbocycles. The van der Waals surface area contributed by atoms with Crippen molar-refractivity contribution in [2.24, 2.45) is 0 Å². The molecule has 0 aromatic heterocycles. The van der Waals surface area contributed by atoms with E-state index in [1.54, 1.807) is 0 Å². The maximum absolute atomic E-state index is 10.4. The molecule has 0 radical (unpaired) electrons. The molecular formula is C34H68O4S. The van der Waals surface area contributed by atoms with Crippen LogP contribution in [-0.4, -0.2) is 19.6 Å². The number of allylic oxidation sites excluding steroid dienone is 2. The third-order valence-corrected chi connectivity index (χ3v) is 8.35. The minimum Gasteiger partial charge on any atom is -0.264 e. The maximum atomic E-state index is 10.4. The van der Waals surface area contributed by atoms with Crippen LogP contribution in [0.15, 0.2) is 12.2 Å². The molecule has 0 atom stereocenters. The first-order valence-corrected chi connectivity index (χ1v) is 18.7. The summed E-state index contributed by atoms with van der Waals surface area (Å²) < 4.78 is 33.7. The normalized spacial score (nSPS) is 12.2. The van der Waals surface area contributed by atoms with E-state index in [2.05, 4.69) is 23.3 Å². The molecule has 0 rings (SSSR count). The van der Waals surface area contributed by atoms with Gasteiger partial charge >= 0.3 is 10.4 Å². The number of unbranched alkanes of at least 4 members (excludes halogenated alkanes) is 28. The van der Waals surface area contributed by atoms with Gasteiger partial charge in [0.05, 0.1) is 6.61 Å². The van der Waals surface area contributed by atoms with Crippen LogP contribution in [0.1, 0.15) is 200 Å². The van der Waals surface area contributed by atoms with Gasteiger partial charge < -0.3 is 0 Å². The van der Waals surface area contributed by atoms with Gasteiger partial charge in [0, 0.05) is 0 Å². The fraction of sp³-hybridized carbons (Fsp3) is 0.941. The van der Waals surface area contributed by atoms with Gasteiger partial charge in [0.15, 0.2) is 0 Å². The van der Waals surface area contributed by atoms with Crippen molar-refractivity contribution < 1.29 is 17.2 Å². The minimum absolute atomic E-state index is 0.0941. The van der Waals surface area contributed by atoms with Crippen molar-refractivity contribution in [2.75, 3.05) is 6.61 Å². The van der Waals surface area contributed by atoms with Gasteiger partial charge in [0.2, 0.25) is 0 Å². The van der Waals surface area contributed by atoms with E-state index in [1.165, 1.54) is 173 Å². The minimum atomic E-state index is -4.26. The Labute approximate surface area is 245 Å². The van der Waals surface area contributed by atoms with E-state index in [9.17, 15) is 8.42 Å². The molecule has 0 bridgehead atoms. The van der Waals surface area contributed by atoms with Crippen LogP contribution in [0.3, 0.4) is 0 Å². The fourth-order valence-corrected chi connectivity index (χ4v) is 5.67. The van der Waals surface area contributed by atoms with E-state index in [0.717, 1.165) is 12.8 Å². The van der Waals surface area contributed by atoms with Crippen LogP contribution in [-0.2, 0) is 14.6 Å². The van der Waals surface area contributed by atoms with Crippen molar-refractivity contribution in [2.45, 2.75) is 200 Å². The molecule has 0 aliphatic rings. The number of hydrogen-bond donors (Lipinski definition) is 1. The Morgan fingerprint density at radius 3 is 0.974 bits per heavy atom. The number of rotatable bonds is 33. The Balaban J connectivity index is 3.09. The van der Waals surface area contributed by atoms with E-state index in [0.29, 0.717) is 6.42 Å². The maximum Gasteiger partial charge on any atom is 0.397 e. The zero-order chi connectivity index (χ0) is 28.5. The summed E-state index contributed by atoms with van der Waals surface area (Å²) in [5.74, 6) is 0. The van der Waals surface area contributed by atoms with E-state index in [4.69, 9.17) is 4.55 Å². The van der Waals surface area contributed by atoms with Crippen molar-refractivity contribution in [3.63, 3.8) is 0 Å². The quantitative estimate of drug-likeness (QED) is 0.0482. The molecule has 39 heavy (non-hydrogen) atoms. The van der Waals surface area contributed by atoms with Gasteiger partial charge in [-0.15, -0.1) is 0 Å². The van der Waals surface area contributed by atoms with Crippen LogP contribution >= 0.6 is 0 Å². The summed E-state index contributed by atoms with van der Waals surface area (Å²) in [6.07, 6.45) is 45.1. The van der Waals surface area contributed by atoms with E-state index in [1.807, 2.05) is 0 Å². The molecule has 0 fully saturated rings. The smallest absolute Gasteiger partial charge is 0.264 e. The Morgan fingerprint density at radius 1 is 0.436 bits per heavy atom. The molecule has 0 spiro atoms. The Hall–Kier alpha value is -0.390. The average molecular weight is 573 g/mol. The van der Waals surface area contributed by atoms with Crippen molar-refractivity contribution in [1.29, 1.82) is 0 Å². The van der Waals surface area contributed by atoms with Crippen molar-refractivity contribution in [3.8, 4) is 0 Å². The zero-order valence-electron chi connectivity index (χ0n) is 26.2. The SMILES string of the molecule is CCCCCCCC/C=C\CCCCCCCCCCCCCCCCCCCCCCCCOS(=O)(=O)O. The van der Waals surface area contributed by atoms with Crippen LogP contribution in [0.2, 0.25) is 0 Å². The first-order valence-electron chi connectivity index (χ1n) is 17.3. The van der Waals surface area contributed by atoms with Crippen LogP contribution in [0.25, 0.3) is 0 Å². The third kappa shape index (κ3) is 37.6. The zero-order valence-corrected chi connectivity index (χ0v) is 27.0. The first kappa shape index (κ1) is 38.6. The molecule has 1 N–H and O–H groups in total. The Bertz CT molecular complexity index is 588. The molecule has 0 saturated carbocycles. The second-order valence-corrected chi connectivity index (χ2v) is 12.9. The second kappa shape index (κ2) is 32.1. The molecule has 0 amide bonds. The van der Waals surface area contributed by atoms with E-state index < -0.39 is 10.4 Å². The highest BCUT2D eigenvalue weighted by Crippen LogP contribution is 2.16. The van der Waals surface area contributed by atoms with E-state index >= 15 is 0 Å². The van der Waals surface area contributed by atoms with Gasteiger partial charge in [-0.05, 0) is 32.1 Å². The predicted octanol–water partition coefficient (Wildman–Crippen LogP) is 12.1. The molecule has 0 aliphatic heterocycles. The van der Waals surface area contributed by atoms with Crippen LogP contribution < -0.4 is 0 Å². The average Bonchev–Trinajstić information content (AvgIpc) is 2.90. The summed E-state index contributed by atoms with van der Waals surface area (Å²) in [5, 5.41) is 0. The van der Waals surface area contributed by atoms with Crippen LogP contribution in [0.4, 0.5) is 0 Å². The Kier molecular flexibility index (Phi) is 31.8. The van der Waals surface area contributed by atoms with Gasteiger partial charge in [0.25, 0.3) is 0 Å². The second-order valence-electron chi connectivity index (χ2n) is 11.8. The molecule has 5 heteroatoms. The fourth-order valence-electron chi connectivity index (χ4n) is 5.34. The summed E-state index contributed by atoms with van der Waals surface area (Å²) in [4.78, 5) is 0. The molecular weight excluding hydrogens is 504 g/mol. The lowest BCUT2D eigenvalue weighted by Crippen LogP contribution is -2.04. The van der Waals surface area contributed by atoms with Gasteiger partial charge in [-0.1, -0.05) is 180 Å². The standard InChI is InChI=1S/C34H68O4S/c1-2-3-4-5-6-7-8-9-10-11-12-13-14-15-16-17-18-19-20-21-22-23-24-25-26-27-28-29-30-31-32-33-34-38-39(35,36)37/h9-10H,2-8,11-34H2,1H3,(H,35,36,37)/b10-9-. The molecule has 0 heterocycles. The highest BCUT2D eigenvalue weighted by Gasteiger charge is 2.02. The van der Waals surface area contributed by atoms with Gasteiger partial charge in [-0.2, -0.15) is 8.42 Å². The summed E-state index contributed by atoms with van der Waals surface area (Å²) in [6.45, 7) is 2.38. The van der Waals surface area contributed by atoms with Crippen molar-refractivity contribution in [1.82, 2.24) is 0 Å². The highest BCUT2D eigenvalue weighted by molar-refractivity contribution is 7.80. The van der Waals surface area contributed by atoms with Crippen molar-refractivity contribution >= 4 is 10.4 Å². The molecule has 4 nitrogen and oxygen atoms in total. The third-order valence-electron chi connectivity index (χ3n) is 7.89. The first-order chi connectivity index (χ1) is 19.1. The lowest BCUT2D eigenvalue weighted by Gasteiger charge is -2.04. The number of hydrogen-bond acceptors (Lipinski definition) is 3. The molecule has 0 unspecified atom stereocenters. The van der Waals surface area contributed by atoms with Crippen LogP contribution in [0.5, 0.6) is 0 Å². The summed E-state index contributed by atoms with van der Waals surface area (Å²) >= 11 is 0. The Morgan fingerprint density at radius 2 is 0.692 bits per heavy atom. The molecule has 0 aromatic carbocycles. The summed E-state index contributed by atoms with van der Waals surface area (Å²) in [7, 11) is -4.26. The van der Waals surface area contributed by atoms with Gasteiger partial charge in [0.1, 0.15) is 0 Å². The lowest BCUT2D eigenvalue weighted by atomic mass is 10.0. The summed E-state index contributed by atoms with van der Waals surface area (Å²) in [6, 6.07) is 0. The van der Waals surface area contributed by atoms with Gasteiger partial charge in [-0.25, -0.2) is 4.18 Å². The van der Waals surface area contributed by atoms with Crippen LogP contribution in [0, 0.1) is 0 Å². The highest BCUT2D eigenvalue weighted by atomic mass is 32.3. The van der Waals surface area contributed by atoms with E-state index in [-0.39, 0.29) is 6.61 Å². The molecule has 234 valence electrons. The predicted molar refractivity (Wildman–Crippen MR) is 171 cm³/mol. The summed E-state index contributed by atoms with van der Waals surface area (Å²) in [5.41, 5.74) is 0. The van der Waals surface area contributed by atoms with Gasteiger partial charge in [-0.3, -0.25) is 4.55 Å². The largest absolute Gasteiger partial charge is 0.397 e. The molecule has 0 saturated heterocycles. The lowest BCUT2D eigenvalue weighted by molar-refractivity contribution is 0.261. The van der Waals surface area contributed by atoms with Crippen molar-refractivity contribution in [3.05, 3.63) is 12.2 Å². The topological polar surface area (TPSA) is 63.6 Å². The molecule has 0 aromatic rings. The monoisotopic (exact) mass is 572 g/mol.